The highest BCUT2D eigenvalue weighted by Crippen LogP contribution is 1.89. The highest BCUT2D eigenvalue weighted by molar-refractivity contribution is 5.94. The van der Waals surface area contributed by atoms with E-state index >= 15 is 0 Å². The van der Waals surface area contributed by atoms with Gasteiger partial charge in [0, 0.05) is 0 Å². The molecule has 0 aromatic heterocycles. The maximum Gasteiger partial charge on any atom is 0.328 e. The van der Waals surface area contributed by atoms with Gasteiger partial charge in [-0.3, -0.25) is 24.0 Å². The van der Waals surface area contributed by atoms with E-state index in [0.717, 1.165) is 0 Å². The lowest BCUT2D eigenvalue weighted by molar-refractivity contribution is -0.143. The summed E-state index contributed by atoms with van der Waals surface area (Å²) in [7, 11) is 0. The molecule has 0 saturated heterocycles. The highest BCUT2D eigenvalue weighted by atomic mass is 16.4. The maximum atomic E-state index is 12.0. The van der Waals surface area contributed by atoms with Crippen LogP contribution in [0.3, 0.4) is 0 Å². The van der Waals surface area contributed by atoms with E-state index in [-0.39, 0.29) is 0 Å². The van der Waals surface area contributed by atoms with Crippen LogP contribution in [0.25, 0.3) is 0 Å². The maximum absolute atomic E-state index is 12.0. The van der Waals surface area contributed by atoms with Crippen molar-refractivity contribution in [3.8, 4) is 0 Å². The predicted molar refractivity (Wildman–Crippen MR) is 106 cm³/mol. The SMILES string of the molecule is N[C@@H](CO)C(=O)NCC(=O)N[C@@H](CO)C(=O)NCC(=O)N[C@@H](CO)C(=O)N[C@@H](CO)C(=O)O. The molecule has 188 valence electrons. The second kappa shape index (κ2) is 15.4. The zero-order valence-corrected chi connectivity index (χ0v) is 17.3. The zero-order chi connectivity index (χ0) is 25.6. The Balaban J connectivity index is 4.63. The molecule has 33 heavy (non-hydrogen) atoms. The van der Waals surface area contributed by atoms with E-state index < -0.39 is 99.2 Å². The molecule has 0 spiro atoms. The second-order valence-electron chi connectivity index (χ2n) is 6.41. The standard InChI is InChI=1S/C16H28N6O11/c17-7(3-23)13(29)18-1-11(27)20-8(4-24)14(30)19-2-12(28)21-9(5-25)15(31)22-10(6-26)16(32)33/h7-10,23-26H,1-6,17H2,(H,18,29)(H,19,30)(H,20,27)(H,21,28)(H,22,31)(H,32,33)/t7-,8-,9-,10-/m0/s1. The monoisotopic (exact) mass is 480 g/mol. The van der Waals surface area contributed by atoms with E-state index in [9.17, 15) is 39.0 Å². The van der Waals surface area contributed by atoms with Gasteiger partial charge in [0.05, 0.1) is 39.5 Å². The Kier molecular flexibility index (Phi) is 13.8. The minimum atomic E-state index is -1.67. The first-order valence-electron chi connectivity index (χ1n) is 9.36. The molecule has 0 saturated carbocycles. The van der Waals surface area contributed by atoms with Crippen molar-refractivity contribution < 1.29 is 54.3 Å². The molecule has 0 aromatic carbocycles. The first kappa shape index (κ1) is 29.6. The number of carbonyl (C=O) groups excluding carboxylic acids is 5. The average molecular weight is 480 g/mol. The van der Waals surface area contributed by atoms with E-state index in [4.69, 9.17) is 21.1 Å². The molecule has 0 aromatic rings. The van der Waals surface area contributed by atoms with Crippen LogP contribution in [0.5, 0.6) is 0 Å². The van der Waals surface area contributed by atoms with Crippen LogP contribution >= 0.6 is 0 Å². The Morgan fingerprint density at radius 3 is 1.42 bits per heavy atom. The molecule has 12 N–H and O–H groups in total. The fraction of sp³-hybridized carbons (Fsp3) is 0.625. The van der Waals surface area contributed by atoms with Gasteiger partial charge < -0.3 is 57.9 Å². The van der Waals surface area contributed by atoms with Crippen LogP contribution in [0.1, 0.15) is 0 Å². The average Bonchev–Trinajstić information content (AvgIpc) is 2.79. The third kappa shape index (κ3) is 11.2. The number of nitrogens with one attached hydrogen (secondary N) is 5. The van der Waals surface area contributed by atoms with Crippen LogP contribution in [0.15, 0.2) is 0 Å². The van der Waals surface area contributed by atoms with Crippen LogP contribution in [-0.4, -0.2) is 125 Å². The summed E-state index contributed by atoms with van der Waals surface area (Å²) >= 11 is 0. The smallest absolute Gasteiger partial charge is 0.328 e. The van der Waals surface area contributed by atoms with Gasteiger partial charge in [-0.15, -0.1) is 0 Å². The van der Waals surface area contributed by atoms with Crippen molar-refractivity contribution in [2.24, 2.45) is 5.73 Å². The lowest BCUT2D eigenvalue weighted by Gasteiger charge is -2.20. The van der Waals surface area contributed by atoms with Crippen molar-refractivity contribution in [1.29, 1.82) is 0 Å². The van der Waals surface area contributed by atoms with Crippen LogP contribution in [0, 0.1) is 0 Å². The lowest BCUT2D eigenvalue weighted by Crippen LogP contribution is -2.56. The molecule has 17 heteroatoms. The number of rotatable bonds is 15. The summed E-state index contributed by atoms with van der Waals surface area (Å²) in [5.41, 5.74) is 5.24. The number of aliphatic carboxylic acids is 1. The number of nitrogens with two attached hydrogens (primary N) is 1. The van der Waals surface area contributed by atoms with Gasteiger partial charge in [0.15, 0.2) is 0 Å². The van der Waals surface area contributed by atoms with Crippen molar-refractivity contribution in [2.45, 2.75) is 24.2 Å². The topological polar surface area (TPSA) is 290 Å². The number of aliphatic hydroxyl groups is 4. The van der Waals surface area contributed by atoms with Crippen molar-refractivity contribution in [3.05, 3.63) is 0 Å². The first-order chi connectivity index (χ1) is 15.5. The number of aliphatic hydroxyl groups excluding tert-OH is 4. The Morgan fingerprint density at radius 2 is 1.03 bits per heavy atom. The van der Waals surface area contributed by atoms with Gasteiger partial charge in [0.1, 0.15) is 24.2 Å². The van der Waals surface area contributed by atoms with E-state index in [2.05, 4.69) is 16.0 Å². The zero-order valence-electron chi connectivity index (χ0n) is 17.3. The van der Waals surface area contributed by atoms with Gasteiger partial charge >= 0.3 is 5.97 Å². The number of carboxylic acids is 1. The summed E-state index contributed by atoms with van der Waals surface area (Å²) in [5, 5.41) is 55.0. The van der Waals surface area contributed by atoms with Crippen molar-refractivity contribution in [1.82, 2.24) is 26.6 Å². The number of hydrogen-bond donors (Lipinski definition) is 11. The second-order valence-corrected chi connectivity index (χ2v) is 6.41. The Labute approximate surface area is 186 Å². The number of hydrogen-bond acceptors (Lipinski definition) is 11. The van der Waals surface area contributed by atoms with Crippen LogP contribution in [0.2, 0.25) is 0 Å². The van der Waals surface area contributed by atoms with Crippen molar-refractivity contribution in [3.63, 3.8) is 0 Å². The summed E-state index contributed by atoms with van der Waals surface area (Å²) < 4.78 is 0. The fourth-order valence-electron chi connectivity index (χ4n) is 2.01. The fourth-order valence-corrected chi connectivity index (χ4v) is 2.01. The molecular formula is C16H28N6O11. The molecule has 0 radical (unpaired) electrons. The lowest BCUT2D eigenvalue weighted by atomic mass is 10.2. The Bertz CT molecular complexity index is 719. The quantitative estimate of drug-likeness (QED) is 0.104. The third-order valence-corrected chi connectivity index (χ3v) is 3.85. The van der Waals surface area contributed by atoms with Gasteiger partial charge in [-0.05, 0) is 0 Å². The third-order valence-electron chi connectivity index (χ3n) is 3.85. The Morgan fingerprint density at radius 1 is 0.606 bits per heavy atom. The molecule has 0 aliphatic carbocycles. The minimum Gasteiger partial charge on any atom is -0.480 e. The largest absolute Gasteiger partial charge is 0.480 e. The molecule has 5 amide bonds. The molecule has 0 fully saturated rings. The number of carbonyl (C=O) groups is 6. The summed E-state index contributed by atoms with van der Waals surface area (Å²) in [5.74, 6) is -6.36. The molecular weight excluding hydrogens is 452 g/mol. The molecule has 0 bridgehead atoms. The van der Waals surface area contributed by atoms with Crippen molar-refractivity contribution in [2.75, 3.05) is 39.5 Å². The minimum absolute atomic E-state index is 0.616. The van der Waals surface area contributed by atoms with Gasteiger partial charge in [-0.25, -0.2) is 4.79 Å². The van der Waals surface area contributed by atoms with Crippen LogP contribution in [-0.2, 0) is 28.8 Å². The molecule has 17 nitrogen and oxygen atoms in total. The van der Waals surface area contributed by atoms with Crippen LogP contribution < -0.4 is 32.3 Å². The normalized spacial score (nSPS) is 14.1. The van der Waals surface area contributed by atoms with E-state index in [1.54, 1.807) is 0 Å². The summed E-state index contributed by atoms with van der Waals surface area (Å²) in [6.45, 7) is -4.76. The summed E-state index contributed by atoms with van der Waals surface area (Å²) in [6.07, 6.45) is 0. The van der Waals surface area contributed by atoms with Gasteiger partial charge in [0.25, 0.3) is 0 Å². The summed E-state index contributed by atoms with van der Waals surface area (Å²) in [6, 6.07) is -6.02. The van der Waals surface area contributed by atoms with Gasteiger partial charge in [-0.1, -0.05) is 0 Å². The molecule has 0 aliphatic rings. The number of carboxylic acid groups (broad SMARTS) is 1. The number of amides is 5. The molecule has 0 heterocycles. The molecule has 4 atom stereocenters. The Hall–Kier alpha value is -3.38. The summed E-state index contributed by atoms with van der Waals surface area (Å²) in [4.78, 5) is 69.8. The highest BCUT2D eigenvalue weighted by Gasteiger charge is 2.26. The first-order valence-corrected chi connectivity index (χ1v) is 9.36. The van der Waals surface area contributed by atoms with Crippen molar-refractivity contribution >= 4 is 35.5 Å². The molecule has 0 unspecified atom stereocenters. The van der Waals surface area contributed by atoms with E-state index in [1.165, 1.54) is 0 Å². The molecule has 0 aliphatic heterocycles. The predicted octanol–water partition coefficient (Wildman–Crippen LogP) is -7.95. The van der Waals surface area contributed by atoms with Gasteiger partial charge in [-0.2, -0.15) is 0 Å². The molecule has 0 rings (SSSR count). The van der Waals surface area contributed by atoms with Crippen LogP contribution in [0.4, 0.5) is 0 Å². The van der Waals surface area contributed by atoms with E-state index in [1.807, 2.05) is 10.6 Å². The van der Waals surface area contributed by atoms with E-state index in [0.29, 0.717) is 0 Å². The van der Waals surface area contributed by atoms with Gasteiger partial charge in [0.2, 0.25) is 29.5 Å².